The third kappa shape index (κ3) is 4.34. The van der Waals surface area contributed by atoms with Crippen LogP contribution in [-0.2, 0) is 4.79 Å². The Morgan fingerprint density at radius 2 is 2.04 bits per heavy atom. The van der Waals surface area contributed by atoms with Crippen molar-refractivity contribution in [2.24, 2.45) is 5.92 Å². The van der Waals surface area contributed by atoms with E-state index in [4.69, 9.17) is 5.11 Å². The summed E-state index contributed by atoms with van der Waals surface area (Å²) < 4.78 is 15.9. The second-order valence-corrected chi connectivity index (χ2v) is 6.06. The van der Waals surface area contributed by atoms with Crippen LogP contribution in [0, 0.1) is 25.6 Å². The first kappa shape index (κ1) is 18.4. The van der Waals surface area contributed by atoms with Crippen LogP contribution in [0.4, 0.5) is 14.9 Å². The van der Waals surface area contributed by atoms with Crippen molar-refractivity contribution in [3.63, 3.8) is 0 Å². The highest BCUT2D eigenvalue weighted by Gasteiger charge is 2.18. The molecular formula is C17H21FN4O3. The second-order valence-electron chi connectivity index (χ2n) is 6.06. The summed E-state index contributed by atoms with van der Waals surface area (Å²) in [4.78, 5) is 24.2. The number of carboxylic acid groups (broad SMARTS) is 1. The number of nitrogens with zero attached hydrogens (tertiary/aromatic N) is 3. The van der Waals surface area contributed by atoms with E-state index >= 15 is 0 Å². The van der Waals surface area contributed by atoms with Crippen molar-refractivity contribution in [1.29, 1.82) is 0 Å². The molecule has 0 aliphatic carbocycles. The average molecular weight is 348 g/mol. The zero-order valence-electron chi connectivity index (χ0n) is 14.6. The van der Waals surface area contributed by atoms with Crippen LogP contribution in [0.1, 0.15) is 18.3 Å². The first-order valence-corrected chi connectivity index (χ1v) is 7.77. The van der Waals surface area contributed by atoms with Gasteiger partial charge in [-0.25, -0.2) is 13.9 Å². The van der Waals surface area contributed by atoms with Crippen molar-refractivity contribution >= 4 is 17.7 Å². The van der Waals surface area contributed by atoms with Crippen molar-refractivity contribution in [2.45, 2.75) is 20.8 Å². The molecule has 2 aromatic rings. The molecule has 2 amide bonds. The standard InChI is InChI=1S/C17H21FN4O3/c1-10(16(23)24)9-21(4)17(25)19-13-5-6-15(14(18)8-13)22-12(3)7-11(2)20-22/h5-8,10H,9H2,1-4H3,(H,19,25)(H,23,24). The molecule has 25 heavy (non-hydrogen) atoms. The van der Waals surface area contributed by atoms with E-state index in [2.05, 4.69) is 10.4 Å². The molecule has 1 aromatic heterocycles. The molecule has 0 fully saturated rings. The van der Waals surface area contributed by atoms with E-state index < -0.39 is 23.7 Å². The summed E-state index contributed by atoms with van der Waals surface area (Å²) in [5, 5.41) is 15.7. The summed E-state index contributed by atoms with van der Waals surface area (Å²) in [6.07, 6.45) is 0. The number of hydrogen-bond donors (Lipinski definition) is 2. The summed E-state index contributed by atoms with van der Waals surface area (Å²) in [6, 6.07) is 5.64. The van der Waals surface area contributed by atoms with Crippen molar-refractivity contribution in [1.82, 2.24) is 14.7 Å². The predicted molar refractivity (Wildman–Crippen MR) is 91.4 cm³/mol. The molecule has 1 aromatic carbocycles. The van der Waals surface area contributed by atoms with Gasteiger partial charge in [0.2, 0.25) is 0 Å². The molecule has 1 unspecified atom stereocenters. The van der Waals surface area contributed by atoms with Gasteiger partial charge in [0.15, 0.2) is 5.82 Å². The Morgan fingerprint density at radius 3 is 2.56 bits per heavy atom. The van der Waals surface area contributed by atoms with Crippen LogP contribution < -0.4 is 5.32 Å². The van der Waals surface area contributed by atoms with E-state index in [1.165, 1.54) is 35.7 Å². The van der Waals surface area contributed by atoms with Crippen molar-refractivity contribution in [3.8, 4) is 5.69 Å². The normalized spacial score (nSPS) is 11.9. The van der Waals surface area contributed by atoms with Crippen molar-refractivity contribution in [3.05, 3.63) is 41.5 Å². The third-order valence-corrected chi connectivity index (χ3v) is 3.75. The number of carboxylic acids is 1. The quantitative estimate of drug-likeness (QED) is 0.870. The van der Waals surface area contributed by atoms with Gasteiger partial charge < -0.3 is 15.3 Å². The van der Waals surface area contributed by atoms with Crippen LogP contribution in [-0.4, -0.2) is 45.4 Å². The third-order valence-electron chi connectivity index (χ3n) is 3.75. The van der Waals surface area contributed by atoms with Gasteiger partial charge in [-0.2, -0.15) is 5.10 Å². The van der Waals surface area contributed by atoms with Gasteiger partial charge in [-0.1, -0.05) is 6.92 Å². The fourth-order valence-corrected chi connectivity index (χ4v) is 2.42. The zero-order valence-corrected chi connectivity index (χ0v) is 14.6. The number of aryl methyl sites for hydroxylation is 2. The van der Waals surface area contributed by atoms with Gasteiger partial charge in [0.1, 0.15) is 5.69 Å². The second kappa shape index (κ2) is 7.33. The summed E-state index contributed by atoms with van der Waals surface area (Å²) in [6.45, 7) is 5.21. The molecule has 8 heteroatoms. The van der Waals surface area contributed by atoms with Gasteiger partial charge in [0.05, 0.1) is 11.6 Å². The van der Waals surface area contributed by atoms with Crippen molar-refractivity contribution < 1.29 is 19.1 Å². The molecule has 7 nitrogen and oxygen atoms in total. The van der Waals surface area contributed by atoms with Gasteiger partial charge in [0, 0.05) is 25.0 Å². The number of anilines is 1. The maximum absolute atomic E-state index is 14.4. The molecule has 0 aliphatic heterocycles. The number of carbonyl (C=O) groups is 2. The Hall–Kier alpha value is -2.90. The predicted octanol–water partition coefficient (Wildman–Crippen LogP) is 2.81. The fourth-order valence-electron chi connectivity index (χ4n) is 2.42. The topological polar surface area (TPSA) is 87.5 Å². The van der Waals surface area contributed by atoms with E-state index in [-0.39, 0.29) is 17.9 Å². The first-order chi connectivity index (χ1) is 11.7. The average Bonchev–Trinajstić information content (AvgIpc) is 2.85. The first-order valence-electron chi connectivity index (χ1n) is 7.77. The number of halogens is 1. The number of aliphatic carboxylic acids is 1. The number of benzene rings is 1. The Bertz CT molecular complexity index is 803. The van der Waals surface area contributed by atoms with Crippen LogP contribution in [0.25, 0.3) is 5.69 Å². The minimum Gasteiger partial charge on any atom is -0.481 e. The van der Waals surface area contributed by atoms with E-state index in [0.717, 1.165) is 11.4 Å². The van der Waals surface area contributed by atoms with Gasteiger partial charge >= 0.3 is 12.0 Å². The highest BCUT2D eigenvalue weighted by Crippen LogP contribution is 2.20. The summed E-state index contributed by atoms with van der Waals surface area (Å²) in [5.74, 6) is -2.20. The smallest absolute Gasteiger partial charge is 0.321 e. The number of amides is 2. The van der Waals surface area contributed by atoms with Crippen LogP contribution >= 0.6 is 0 Å². The number of carbonyl (C=O) groups excluding carboxylic acids is 1. The van der Waals surface area contributed by atoms with Gasteiger partial charge in [-0.3, -0.25) is 4.79 Å². The lowest BCUT2D eigenvalue weighted by atomic mass is 10.2. The number of urea groups is 1. The van der Waals surface area contributed by atoms with Crippen LogP contribution in [0.2, 0.25) is 0 Å². The van der Waals surface area contributed by atoms with Gasteiger partial charge in [-0.15, -0.1) is 0 Å². The van der Waals surface area contributed by atoms with Crippen molar-refractivity contribution in [2.75, 3.05) is 18.9 Å². The highest BCUT2D eigenvalue weighted by molar-refractivity contribution is 5.89. The molecular weight excluding hydrogens is 327 g/mol. The summed E-state index contributed by atoms with van der Waals surface area (Å²) >= 11 is 0. The number of hydrogen-bond acceptors (Lipinski definition) is 3. The minimum atomic E-state index is -0.986. The van der Waals surface area contributed by atoms with Crippen LogP contribution in [0.5, 0.6) is 0 Å². The molecule has 1 heterocycles. The minimum absolute atomic E-state index is 0.0491. The van der Waals surface area contributed by atoms with Crippen LogP contribution in [0.3, 0.4) is 0 Å². The molecule has 0 radical (unpaired) electrons. The number of aromatic nitrogens is 2. The maximum atomic E-state index is 14.4. The molecule has 2 N–H and O–H groups in total. The maximum Gasteiger partial charge on any atom is 0.321 e. The summed E-state index contributed by atoms with van der Waals surface area (Å²) in [5.41, 5.74) is 2.15. The molecule has 0 spiro atoms. The number of nitrogens with one attached hydrogen (secondary N) is 1. The SMILES string of the molecule is Cc1cc(C)n(-c2ccc(NC(=O)N(C)CC(C)C(=O)O)cc2F)n1. The van der Waals surface area contributed by atoms with Gasteiger partial charge in [0.25, 0.3) is 0 Å². The largest absolute Gasteiger partial charge is 0.481 e. The lowest BCUT2D eigenvalue weighted by Crippen LogP contribution is -2.36. The Morgan fingerprint density at radius 1 is 1.36 bits per heavy atom. The van der Waals surface area contributed by atoms with E-state index in [0.29, 0.717) is 0 Å². The molecule has 0 saturated heterocycles. The van der Waals surface area contributed by atoms with Crippen LogP contribution in [0.15, 0.2) is 24.3 Å². The van der Waals surface area contributed by atoms with E-state index in [9.17, 15) is 14.0 Å². The zero-order chi connectivity index (χ0) is 18.7. The lowest BCUT2D eigenvalue weighted by molar-refractivity contribution is -0.141. The Labute approximate surface area is 145 Å². The Kier molecular flexibility index (Phi) is 5.41. The van der Waals surface area contributed by atoms with E-state index in [1.54, 1.807) is 6.07 Å². The molecule has 2 rings (SSSR count). The molecule has 0 bridgehead atoms. The number of rotatable bonds is 5. The van der Waals surface area contributed by atoms with E-state index in [1.807, 2.05) is 19.9 Å². The Balaban J connectivity index is 2.11. The molecule has 134 valence electrons. The van der Waals surface area contributed by atoms with Gasteiger partial charge in [-0.05, 0) is 38.1 Å². The fraction of sp³-hybridized carbons (Fsp3) is 0.353. The molecule has 0 saturated carbocycles. The highest BCUT2D eigenvalue weighted by atomic mass is 19.1. The lowest BCUT2D eigenvalue weighted by Gasteiger charge is -2.20. The molecule has 1 atom stereocenters. The molecule has 0 aliphatic rings. The summed E-state index contributed by atoms with van der Waals surface area (Å²) in [7, 11) is 1.48. The monoisotopic (exact) mass is 348 g/mol.